The highest BCUT2D eigenvalue weighted by Gasteiger charge is 2.17. The van der Waals surface area contributed by atoms with E-state index in [0.29, 0.717) is 10.3 Å². The molecule has 2 N–H and O–H groups in total. The van der Waals surface area contributed by atoms with Crippen LogP contribution in [-0.4, -0.2) is 10.1 Å². The maximum atomic E-state index is 13.7. The zero-order chi connectivity index (χ0) is 13.1. The lowest BCUT2D eigenvalue weighted by Gasteiger charge is -2.02. The molecule has 0 radical (unpaired) electrons. The van der Waals surface area contributed by atoms with Gasteiger partial charge in [0.15, 0.2) is 5.82 Å². The molecule has 1 aromatic carbocycles. The minimum atomic E-state index is -0.413. The summed E-state index contributed by atoms with van der Waals surface area (Å²) in [6.07, 6.45) is 1.69. The third kappa shape index (κ3) is 2.76. The lowest BCUT2D eigenvalue weighted by atomic mass is 10.2. The minimum Gasteiger partial charge on any atom is -0.334 e. The molecule has 4 nitrogen and oxygen atoms in total. The molecule has 0 aliphatic heterocycles. The lowest BCUT2D eigenvalue weighted by Crippen LogP contribution is -2.11. The van der Waals surface area contributed by atoms with Gasteiger partial charge in [0.05, 0.1) is 11.6 Å². The Bertz CT molecular complexity index is 544. The second-order valence-electron chi connectivity index (χ2n) is 3.98. The summed E-state index contributed by atoms with van der Waals surface area (Å²) in [7, 11) is 0. The molecule has 0 amide bonds. The van der Waals surface area contributed by atoms with Crippen LogP contribution in [0.5, 0.6) is 0 Å². The first-order valence-electron chi connectivity index (χ1n) is 5.66. The van der Waals surface area contributed by atoms with Gasteiger partial charge < -0.3 is 10.3 Å². The van der Waals surface area contributed by atoms with Crippen molar-refractivity contribution >= 4 is 15.9 Å². The van der Waals surface area contributed by atoms with Crippen molar-refractivity contribution in [3.63, 3.8) is 0 Å². The largest absolute Gasteiger partial charge is 0.334 e. The molecule has 18 heavy (non-hydrogen) atoms. The summed E-state index contributed by atoms with van der Waals surface area (Å²) in [6.45, 7) is 2.02. The van der Waals surface area contributed by atoms with E-state index in [2.05, 4.69) is 26.1 Å². The SMILES string of the molecule is CCCC(N)c1noc(-c2ccc(Br)cc2F)n1. The van der Waals surface area contributed by atoms with Gasteiger partial charge in [-0.25, -0.2) is 4.39 Å². The predicted molar refractivity (Wildman–Crippen MR) is 69.2 cm³/mol. The number of hydrogen-bond donors (Lipinski definition) is 1. The standard InChI is InChI=1S/C12H13BrFN3O/c1-2-3-10(15)11-16-12(18-17-11)8-5-4-7(13)6-9(8)14/h4-6,10H,2-3,15H2,1H3. The number of aromatic nitrogens is 2. The molecule has 0 fully saturated rings. The van der Waals surface area contributed by atoms with Gasteiger partial charge in [-0.3, -0.25) is 0 Å². The number of benzene rings is 1. The molecular weight excluding hydrogens is 301 g/mol. The topological polar surface area (TPSA) is 64.9 Å². The van der Waals surface area contributed by atoms with Crippen LogP contribution in [0.25, 0.3) is 11.5 Å². The average Bonchev–Trinajstić information content (AvgIpc) is 2.78. The number of nitrogens with two attached hydrogens (primary N) is 1. The predicted octanol–water partition coefficient (Wildman–Crippen LogP) is 3.44. The van der Waals surface area contributed by atoms with Crippen molar-refractivity contribution in [2.24, 2.45) is 5.73 Å². The second-order valence-corrected chi connectivity index (χ2v) is 4.89. The van der Waals surface area contributed by atoms with Crippen molar-refractivity contribution in [3.8, 4) is 11.5 Å². The first-order valence-corrected chi connectivity index (χ1v) is 6.45. The van der Waals surface area contributed by atoms with Crippen LogP contribution in [0.2, 0.25) is 0 Å². The maximum absolute atomic E-state index is 13.7. The van der Waals surface area contributed by atoms with Gasteiger partial charge in [0.25, 0.3) is 5.89 Å². The smallest absolute Gasteiger partial charge is 0.260 e. The molecule has 1 unspecified atom stereocenters. The van der Waals surface area contributed by atoms with E-state index < -0.39 is 5.82 Å². The highest BCUT2D eigenvalue weighted by Crippen LogP contribution is 2.25. The summed E-state index contributed by atoms with van der Waals surface area (Å²) in [5, 5.41) is 3.79. The molecule has 2 rings (SSSR count). The lowest BCUT2D eigenvalue weighted by molar-refractivity contribution is 0.411. The van der Waals surface area contributed by atoms with Crippen molar-refractivity contribution in [1.82, 2.24) is 10.1 Å². The van der Waals surface area contributed by atoms with Crippen LogP contribution in [0.3, 0.4) is 0 Å². The summed E-state index contributed by atoms with van der Waals surface area (Å²) in [5.41, 5.74) is 6.15. The molecular formula is C12H13BrFN3O. The van der Waals surface area contributed by atoms with Crippen molar-refractivity contribution in [1.29, 1.82) is 0 Å². The molecule has 6 heteroatoms. The molecule has 0 aliphatic carbocycles. The second kappa shape index (κ2) is 5.58. The summed E-state index contributed by atoms with van der Waals surface area (Å²) in [5.74, 6) is 0.152. The molecule has 2 aromatic rings. The van der Waals surface area contributed by atoms with Crippen LogP contribution in [0.15, 0.2) is 27.2 Å². The first kappa shape index (κ1) is 13.2. The molecule has 0 spiro atoms. The van der Waals surface area contributed by atoms with Crippen molar-refractivity contribution in [2.45, 2.75) is 25.8 Å². The van der Waals surface area contributed by atoms with Crippen LogP contribution in [0.4, 0.5) is 4.39 Å². The quantitative estimate of drug-likeness (QED) is 0.939. The van der Waals surface area contributed by atoms with Gasteiger partial charge >= 0.3 is 0 Å². The zero-order valence-electron chi connectivity index (χ0n) is 9.86. The fourth-order valence-electron chi connectivity index (χ4n) is 1.60. The molecule has 1 atom stereocenters. The van der Waals surface area contributed by atoms with Gasteiger partial charge in [-0.2, -0.15) is 4.98 Å². The Morgan fingerprint density at radius 2 is 2.28 bits per heavy atom. The number of rotatable bonds is 4. The van der Waals surface area contributed by atoms with Crippen LogP contribution >= 0.6 is 15.9 Å². The average molecular weight is 314 g/mol. The summed E-state index contributed by atoms with van der Waals surface area (Å²) < 4.78 is 19.4. The summed E-state index contributed by atoms with van der Waals surface area (Å²) in [4.78, 5) is 4.13. The van der Waals surface area contributed by atoms with E-state index in [1.54, 1.807) is 12.1 Å². The Kier molecular flexibility index (Phi) is 4.08. The van der Waals surface area contributed by atoms with Gasteiger partial charge in [-0.1, -0.05) is 34.4 Å². The first-order chi connectivity index (χ1) is 8.61. The van der Waals surface area contributed by atoms with E-state index in [1.807, 2.05) is 6.92 Å². The summed E-state index contributed by atoms with van der Waals surface area (Å²) in [6, 6.07) is 4.38. The fourth-order valence-corrected chi connectivity index (χ4v) is 1.93. The van der Waals surface area contributed by atoms with Crippen LogP contribution in [-0.2, 0) is 0 Å². The third-order valence-electron chi connectivity index (χ3n) is 2.53. The van der Waals surface area contributed by atoms with Gasteiger partial charge in [0.2, 0.25) is 0 Å². The van der Waals surface area contributed by atoms with E-state index in [1.165, 1.54) is 6.07 Å². The molecule has 1 aromatic heterocycles. The summed E-state index contributed by atoms with van der Waals surface area (Å²) >= 11 is 3.19. The Balaban J connectivity index is 2.29. The molecule has 1 heterocycles. The minimum absolute atomic E-state index is 0.154. The van der Waals surface area contributed by atoms with Gasteiger partial charge in [0.1, 0.15) is 5.82 Å². The Morgan fingerprint density at radius 1 is 1.50 bits per heavy atom. The van der Waals surface area contributed by atoms with E-state index in [-0.39, 0.29) is 17.5 Å². The molecule has 96 valence electrons. The van der Waals surface area contributed by atoms with Crippen molar-refractivity contribution < 1.29 is 8.91 Å². The Labute approximate surface area is 113 Å². The van der Waals surface area contributed by atoms with Crippen LogP contribution in [0, 0.1) is 5.82 Å². The molecule has 0 saturated carbocycles. The number of halogens is 2. The zero-order valence-corrected chi connectivity index (χ0v) is 11.4. The highest BCUT2D eigenvalue weighted by molar-refractivity contribution is 9.10. The van der Waals surface area contributed by atoms with E-state index >= 15 is 0 Å². The third-order valence-corrected chi connectivity index (χ3v) is 3.03. The maximum Gasteiger partial charge on any atom is 0.260 e. The van der Waals surface area contributed by atoms with Gasteiger partial charge in [-0.15, -0.1) is 0 Å². The van der Waals surface area contributed by atoms with E-state index in [4.69, 9.17) is 10.3 Å². The number of nitrogens with zero attached hydrogens (tertiary/aromatic N) is 2. The van der Waals surface area contributed by atoms with Crippen LogP contribution in [0.1, 0.15) is 31.6 Å². The Hall–Kier alpha value is -1.27. The highest BCUT2D eigenvalue weighted by atomic mass is 79.9. The molecule has 0 aliphatic rings. The van der Waals surface area contributed by atoms with Gasteiger partial charge in [0, 0.05) is 4.47 Å². The molecule has 0 saturated heterocycles. The van der Waals surface area contributed by atoms with Crippen LogP contribution < -0.4 is 5.73 Å². The molecule has 0 bridgehead atoms. The fraction of sp³-hybridized carbons (Fsp3) is 0.333. The van der Waals surface area contributed by atoms with E-state index in [9.17, 15) is 4.39 Å². The normalized spacial score (nSPS) is 12.7. The van der Waals surface area contributed by atoms with Crippen molar-refractivity contribution in [3.05, 3.63) is 34.3 Å². The monoisotopic (exact) mass is 313 g/mol. The number of hydrogen-bond acceptors (Lipinski definition) is 4. The van der Waals surface area contributed by atoms with Gasteiger partial charge in [-0.05, 0) is 24.6 Å². The van der Waals surface area contributed by atoms with E-state index in [0.717, 1.165) is 12.8 Å². The Morgan fingerprint density at radius 3 is 2.94 bits per heavy atom. The van der Waals surface area contributed by atoms with Crippen molar-refractivity contribution in [2.75, 3.05) is 0 Å².